The van der Waals surface area contributed by atoms with Crippen LogP contribution in [-0.2, 0) is 0 Å². The highest BCUT2D eigenvalue weighted by atomic mass is 32.1. The van der Waals surface area contributed by atoms with Crippen LogP contribution in [0.1, 0.15) is 28.2 Å². The Labute approximate surface area is 104 Å². The normalized spacial score (nSPS) is 12.1. The van der Waals surface area contributed by atoms with E-state index >= 15 is 0 Å². The van der Waals surface area contributed by atoms with Gasteiger partial charge >= 0.3 is 0 Å². The van der Waals surface area contributed by atoms with Gasteiger partial charge in [-0.3, -0.25) is 4.79 Å². The van der Waals surface area contributed by atoms with Gasteiger partial charge in [0.05, 0.1) is 11.7 Å². The number of thiophene rings is 1. The third-order valence-electron chi connectivity index (χ3n) is 2.55. The summed E-state index contributed by atoms with van der Waals surface area (Å²) in [6.45, 7) is 1.96. The van der Waals surface area contributed by atoms with Crippen LogP contribution in [0.15, 0.2) is 41.8 Å². The van der Waals surface area contributed by atoms with Gasteiger partial charge in [-0.1, -0.05) is 30.3 Å². The minimum absolute atomic E-state index is 0.0230. The lowest BCUT2D eigenvalue weighted by atomic mass is 10.1. The molecule has 0 saturated carbocycles. The molecule has 17 heavy (non-hydrogen) atoms. The molecule has 1 aromatic carbocycles. The molecule has 0 bridgehead atoms. The molecule has 2 rings (SSSR count). The Morgan fingerprint density at radius 1 is 1.29 bits per heavy atom. The van der Waals surface area contributed by atoms with Gasteiger partial charge in [-0.2, -0.15) is 0 Å². The van der Waals surface area contributed by atoms with Crippen LogP contribution in [0.4, 0.5) is 5.69 Å². The largest absolute Gasteiger partial charge is 0.397 e. The van der Waals surface area contributed by atoms with Crippen molar-refractivity contribution < 1.29 is 4.79 Å². The minimum Gasteiger partial charge on any atom is -0.397 e. The summed E-state index contributed by atoms with van der Waals surface area (Å²) in [7, 11) is 0. The van der Waals surface area contributed by atoms with E-state index in [0.717, 1.165) is 5.56 Å². The maximum Gasteiger partial charge on any atom is 0.263 e. The summed E-state index contributed by atoms with van der Waals surface area (Å²) in [5.41, 5.74) is 7.32. The highest BCUT2D eigenvalue weighted by molar-refractivity contribution is 7.12. The van der Waals surface area contributed by atoms with Crippen molar-refractivity contribution in [2.75, 3.05) is 5.73 Å². The smallest absolute Gasteiger partial charge is 0.263 e. The molecule has 1 atom stereocenters. The van der Waals surface area contributed by atoms with Crippen LogP contribution in [0.25, 0.3) is 0 Å². The number of benzene rings is 1. The molecule has 0 saturated heterocycles. The van der Waals surface area contributed by atoms with E-state index in [1.54, 1.807) is 6.07 Å². The predicted octanol–water partition coefficient (Wildman–Crippen LogP) is 2.82. The number of anilines is 1. The van der Waals surface area contributed by atoms with E-state index in [-0.39, 0.29) is 11.9 Å². The Hall–Kier alpha value is -1.81. The highest BCUT2D eigenvalue weighted by Crippen LogP contribution is 2.20. The van der Waals surface area contributed by atoms with E-state index < -0.39 is 0 Å². The quantitative estimate of drug-likeness (QED) is 0.875. The van der Waals surface area contributed by atoms with E-state index in [1.807, 2.05) is 42.6 Å². The molecule has 3 nitrogen and oxygen atoms in total. The van der Waals surface area contributed by atoms with Crippen molar-refractivity contribution in [3.63, 3.8) is 0 Å². The number of amides is 1. The Morgan fingerprint density at radius 2 is 2.00 bits per heavy atom. The summed E-state index contributed by atoms with van der Waals surface area (Å²) in [5, 5.41) is 4.75. The average molecular weight is 246 g/mol. The van der Waals surface area contributed by atoms with Gasteiger partial charge < -0.3 is 11.1 Å². The van der Waals surface area contributed by atoms with Crippen LogP contribution in [0.2, 0.25) is 0 Å². The zero-order valence-corrected chi connectivity index (χ0v) is 10.3. The molecule has 88 valence electrons. The molecule has 0 radical (unpaired) electrons. The van der Waals surface area contributed by atoms with Gasteiger partial charge in [-0.25, -0.2) is 0 Å². The van der Waals surface area contributed by atoms with Gasteiger partial charge in [0, 0.05) is 0 Å². The molecule has 1 heterocycles. The molecular formula is C13H14N2OS. The first-order chi connectivity index (χ1) is 8.18. The predicted molar refractivity (Wildman–Crippen MR) is 71.1 cm³/mol. The SMILES string of the molecule is C[C@H](NC(=O)c1sccc1N)c1ccccc1. The number of carbonyl (C=O) groups is 1. The van der Waals surface area contributed by atoms with E-state index in [4.69, 9.17) is 5.73 Å². The van der Waals surface area contributed by atoms with Crippen molar-refractivity contribution in [3.05, 3.63) is 52.2 Å². The second-order valence-electron chi connectivity index (χ2n) is 3.81. The van der Waals surface area contributed by atoms with Crippen molar-refractivity contribution in [2.24, 2.45) is 0 Å². The number of nitrogens with two attached hydrogens (primary N) is 1. The lowest BCUT2D eigenvalue weighted by Crippen LogP contribution is -2.26. The molecule has 4 heteroatoms. The van der Waals surface area contributed by atoms with E-state index in [2.05, 4.69) is 5.32 Å². The van der Waals surface area contributed by atoms with Gasteiger partial charge in [0.1, 0.15) is 4.88 Å². The van der Waals surface area contributed by atoms with Crippen molar-refractivity contribution in [3.8, 4) is 0 Å². The van der Waals surface area contributed by atoms with Gasteiger partial charge in [0.2, 0.25) is 0 Å². The Bertz CT molecular complexity index is 507. The van der Waals surface area contributed by atoms with Crippen LogP contribution in [-0.4, -0.2) is 5.91 Å². The highest BCUT2D eigenvalue weighted by Gasteiger charge is 2.14. The maximum absolute atomic E-state index is 11.9. The summed E-state index contributed by atoms with van der Waals surface area (Å²) < 4.78 is 0. The molecule has 0 aliphatic rings. The standard InChI is InChI=1S/C13H14N2OS/c1-9(10-5-3-2-4-6-10)15-13(16)12-11(14)7-8-17-12/h2-9H,14H2,1H3,(H,15,16)/t9-/m0/s1. The fraction of sp³-hybridized carbons (Fsp3) is 0.154. The van der Waals surface area contributed by atoms with Crippen molar-refractivity contribution >= 4 is 22.9 Å². The molecule has 0 unspecified atom stereocenters. The number of nitrogen functional groups attached to an aromatic ring is 1. The lowest BCUT2D eigenvalue weighted by Gasteiger charge is -2.13. The number of hydrogen-bond acceptors (Lipinski definition) is 3. The van der Waals surface area contributed by atoms with Gasteiger partial charge in [0.25, 0.3) is 5.91 Å². The zero-order chi connectivity index (χ0) is 12.3. The molecule has 2 aromatic rings. The first-order valence-electron chi connectivity index (χ1n) is 5.37. The monoisotopic (exact) mass is 246 g/mol. The van der Waals surface area contributed by atoms with Crippen LogP contribution in [0.5, 0.6) is 0 Å². The summed E-state index contributed by atoms with van der Waals surface area (Å²) in [4.78, 5) is 12.5. The van der Waals surface area contributed by atoms with Gasteiger partial charge in [-0.15, -0.1) is 11.3 Å². The summed E-state index contributed by atoms with van der Waals surface area (Å²) in [6.07, 6.45) is 0. The Morgan fingerprint density at radius 3 is 2.59 bits per heavy atom. The third-order valence-corrected chi connectivity index (χ3v) is 3.48. The molecule has 0 spiro atoms. The Kier molecular flexibility index (Phi) is 3.44. The summed E-state index contributed by atoms with van der Waals surface area (Å²) in [6, 6.07) is 11.6. The van der Waals surface area contributed by atoms with E-state index in [0.29, 0.717) is 10.6 Å². The fourth-order valence-electron chi connectivity index (χ4n) is 1.59. The molecule has 0 aliphatic heterocycles. The maximum atomic E-state index is 11.9. The van der Waals surface area contributed by atoms with Crippen LogP contribution >= 0.6 is 11.3 Å². The van der Waals surface area contributed by atoms with Crippen molar-refractivity contribution in [2.45, 2.75) is 13.0 Å². The topological polar surface area (TPSA) is 55.1 Å². The molecular weight excluding hydrogens is 232 g/mol. The van der Waals surface area contributed by atoms with Crippen LogP contribution < -0.4 is 11.1 Å². The van der Waals surface area contributed by atoms with Gasteiger partial charge in [0.15, 0.2) is 0 Å². The van der Waals surface area contributed by atoms with E-state index in [9.17, 15) is 4.79 Å². The fourth-order valence-corrected chi connectivity index (χ4v) is 2.31. The first kappa shape index (κ1) is 11.7. The molecule has 0 aliphatic carbocycles. The molecule has 0 fully saturated rings. The molecule has 1 aromatic heterocycles. The first-order valence-corrected chi connectivity index (χ1v) is 6.25. The number of hydrogen-bond donors (Lipinski definition) is 2. The number of carbonyl (C=O) groups excluding carboxylic acids is 1. The van der Waals surface area contributed by atoms with Gasteiger partial charge in [-0.05, 0) is 23.9 Å². The second-order valence-corrected chi connectivity index (χ2v) is 4.73. The number of nitrogens with one attached hydrogen (secondary N) is 1. The second kappa shape index (κ2) is 5.01. The summed E-state index contributed by atoms with van der Waals surface area (Å²) >= 11 is 1.36. The van der Waals surface area contributed by atoms with Crippen LogP contribution in [0, 0.1) is 0 Å². The Balaban J connectivity index is 2.08. The molecule has 3 N–H and O–H groups in total. The van der Waals surface area contributed by atoms with Crippen LogP contribution in [0.3, 0.4) is 0 Å². The van der Waals surface area contributed by atoms with Crippen molar-refractivity contribution in [1.82, 2.24) is 5.32 Å². The summed E-state index contributed by atoms with van der Waals surface area (Å²) in [5.74, 6) is -0.117. The number of rotatable bonds is 3. The zero-order valence-electron chi connectivity index (χ0n) is 9.51. The lowest BCUT2D eigenvalue weighted by molar-refractivity contribution is 0.0945. The van der Waals surface area contributed by atoms with E-state index in [1.165, 1.54) is 11.3 Å². The third kappa shape index (κ3) is 2.65. The molecule has 1 amide bonds. The minimum atomic E-state index is -0.117. The van der Waals surface area contributed by atoms with Crippen molar-refractivity contribution in [1.29, 1.82) is 0 Å². The average Bonchev–Trinajstić information content (AvgIpc) is 2.76.